The van der Waals surface area contributed by atoms with Gasteiger partial charge in [0.05, 0.1) is 13.2 Å². The second kappa shape index (κ2) is 8.48. The predicted octanol–water partition coefficient (Wildman–Crippen LogP) is -0.365. The summed E-state index contributed by atoms with van der Waals surface area (Å²) < 4.78 is 11.6. The number of aromatic nitrogens is 2. The van der Waals surface area contributed by atoms with Crippen LogP contribution >= 0.6 is 0 Å². The molecule has 1 aromatic heterocycles. The number of anilines is 1. The lowest BCUT2D eigenvalue weighted by atomic mass is 10.4. The molecular formula is C11H20N4O3. The Hall–Kier alpha value is -1.60. The van der Waals surface area contributed by atoms with Crippen LogP contribution in [0.2, 0.25) is 0 Å². The standard InChI is InChI=1S/C11H20N4O3/c1-17-7-8-18-6-2-4-13-11(16)9-15-5-3-10(12)14-15/h3,5H,2,4,6-9H2,1H3,(H2,12,14)(H,13,16). The van der Waals surface area contributed by atoms with Gasteiger partial charge in [-0.2, -0.15) is 5.10 Å². The van der Waals surface area contributed by atoms with E-state index in [1.54, 1.807) is 19.4 Å². The highest BCUT2D eigenvalue weighted by atomic mass is 16.5. The Morgan fingerprint density at radius 2 is 2.33 bits per heavy atom. The molecule has 102 valence electrons. The van der Waals surface area contributed by atoms with Gasteiger partial charge in [0.2, 0.25) is 5.91 Å². The van der Waals surface area contributed by atoms with Crippen LogP contribution in [0.25, 0.3) is 0 Å². The van der Waals surface area contributed by atoms with Crippen molar-refractivity contribution in [2.75, 3.05) is 39.2 Å². The maximum atomic E-state index is 11.5. The van der Waals surface area contributed by atoms with E-state index in [9.17, 15) is 4.79 Å². The van der Waals surface area contributed by atoms with E-state index in [1.165, 1.54) is 4.68 Å². The van der Waals surface area contributed by atoms with Crippen LogP contribution < -0.4 is 11.1 Å². The Labute approximate surface area is 106 Å². The van der Waals surface area contributed by atoms with Gasteiger partial charge in [-0.1, -0.05) is 0 Å². The number of nitrogens with zero attached hydrogens (tertiary/aromatic N) is 2. The highest BCUT2D eigenvalue weighted by Crippen LogP contribution is 1.94. The van der Waals surface area contributed by atoms with E-state index < -0.39 is 0 Å². The van der Waals surface area contributed by atoms with Gasteiger partial charge in [0.25, 0.3) is 0 Å². The molecule has 0 radical (unpaired) electrons. The number of carbonyl (C=O) groups excluding carboxylic acids is 1. The molecule has 0 spiro atoms. The van der Waals surface area contributed by atoms with Crippen molar-refractivity contribution in [3.63, 3.8) is 0 Å². The van der Waals surface area contributed by atoms with E-state index in [4.69, 9.17) is 15.2 Å². The summed E-state index contributed by atoms with van der Waals surface area (Å²) in [6, 6.07) is 1.65. The SMILES string of the molecule is COCCOCCCNC(=O)Cn1ccc(N)n1. The monoisotopic (exact) mass is 256 g/mol. The number of nitrogen functional groups attached to an aromatic ring is 1. The molecule has 0 aromatic carbocycles. The molecule has 0 atom stereocenters. The Morgan fingerprint density at radius 3 is 3.00 bits per heavy atom. The zero-order chi connectivity index (χ0) is 13.2. The van der Waals surface area contributed by atoms with E-state index >= 15 is 0 Å². The first kappa shape index (κ1) is 14.5. The molecule has 1 heterocycles. The lowest BCUT2D eigenvalue weighted by molar-refractivity contribution is -0.121. The first-order valence-electron chi connectivity index (χ1n) is 5.84. The molecule has 1 amide bonds. The third-order valence-corrected chi connectivity index (χ3v) is 2.19. The van der Waals surface area contributed by atoms with Crippen molar-refractivity contribution in [3.8, 4) is 0 Å². The van der Waals surface area contributed by atoms with Gasteiger partial charge in [0, 0.05) is 26.5 Å². The molecule has 0 aliphatic rings. The van der Waals surface area contributed by atoms with Gasteiger partial charge in [0.15, 0.2) is 0 Å². The minimum atomic E-state index is -0.0880. The number of hydrogen-bond acceptors (Lipinski definition) is 5. The summed E-state index contributed by atoms with van der Waals surface area (Å²) in [5.74, 6) is 0.323. The van der Waals surface area contributed by atoms with Crippen molar-refractivity contribution in [1.29, 1.82) is 0 Å². The van der Waals surface area contributed by atoms with Gasteiger partial charge in [-0.15, -0.1) is 0 Å². The molecule has 7 heteroatoms. The lowest BCUT2D eigenvalue weighted by Crippen LogP contribution is -2.29. The Kier molecular flexibility index (Phi) is 6.82. The van der Waals surface area contributed by atoms with Crippen LogP contribution in [0.15, 0.2) is 12.3 Å². The maximum Gasteiger partial charge on any atom is 0.241 e. The number of amides is 1. The number of nitrogens with two attached hydrogens (primary N) is 1. The van der Waals surface area contributed by atoms with Gasteiger partial charge < -0.3 is 20.5 Å². The van der Waals surface area contributed by atoms with Crippen molar-refractivity contribution in [2.24, 2.45) is 0 Å². The molecule has 0 aliphatic heterocycles. The molecule has 3 N–H and O–H groups in total. The number of methoxy groups -OCH3 is 1. The van der Waals surface area contributed by atoms with Gasteiger partial charge in [0.1, 0.15) is 12.4 Å². The van der Waals surface area contributed by atoms with Crippen molar-refractivity contribution in [1.82, 2.24) is 15.1 Å². The lowest BCUT2D eigenvalue weighted by Gasteiger charge is -2.06. The summed E-state index contributed by atoms with van der Waals surface area (Å²) in [7, 11) is 1.63. The fourth-order valence-corrected chi connectivity index (χ4v) is 1.31. The molecule has 18 heavy (non-hydrogen) atoms. The quantitative estimate of drug-likeness (QED) is 0.588. The minimum absolute atomic E-state index is 0.0880. The number of rotatable bonds is 9. The smallest absolute Gasteiger partial charge is 0.241 e. The summed E-state index contributed by atoms with van der Waals surface area (Å²) in [6.07, 6.45) is 2.44. The van der Waals surface area contributed by atoms with Crippen LogP contribution in [0.1, 0.15) is 6.42 Å². The normalized spacial score (nSPS) is 10.5. The molecule has 0 aliphatic carbocycles. The van der Waals surface area contributed by atoms with Gasteiger partial charge >= 0.3 is 0 Å². The zero-order valence-corrected chi connectivity index (χ0v) is 10.6. The average molecular weight is 256 g/mol. The van der Waals surface area contributed by atoms with E-state index in [-0.39, 0.29) is 12.5 Å². The van der Waals surface area contributed by atoms with Gasteiger partial charge in [-0.05, 0) is 12.5 Å². The number of ether oxygens (including phenoxy) is 2. The van der Waals surface area contributed by atoms with Crippen LogP contribution in [0.3, 0.4) is 0 Å². The average Bonchev–Trinajstić information content (AvgIpc) is 2.73. The van der Waals surface area contributed by atoms with E-state index in [0.717, 1.165) is 6.42 Å². The summed E-state index contributed by atoms with van der Waals surface area (Å²) in [5.41, 5.74) is 5.44. The van der Waals surface area contributed by atoms with Crippen LogP contribution in [-0.2, 0) is 20.8 Å². The van der Waals surface area contributed by atoms with Crippen LogP contribution in [0.5, 0.6) is 0 Å². The fraction of sp³-hybridized carbons (Fsp3) is 0.636. The van der Waals surface area contributed by atoms with Crippen molar-refractivity contribution < 1.29 is 14.3 Å². The fourth-order valence-electron chi connectivity index (χ4n) is 1.31. The largest absolute Gasteiger partial charge is 0.382 e. The minimum Gasteiger partial charge on any atom is -0.382 e. The second-order valence-electron chi connectivity index (χ2n) is 3.75. The Morgan fingerprint density at radius 1 is 1.50 bits per heavy atom. The molecule has 0 saturated carbocycles. The summed E-state index contributed by atoms with van der Waals surface area (Å²) >= 11 is 0. The first-order valence-corrected chi connectivity index (χ1v) is 5.84. The third kappa shape index (κ3) is 6.21. The van der Waals surface area contributed by atoms with Crippen molar-refractivity contribution >= 4 is 11.7 Å². The molecule has 0 fully saturated rings. The molecule has 7 nitrogen and oxygen atoms in total. The number of hydrogen-bond donors (Lipinski definition) is 2. The van der Waals surface area contributed by atoms with Crippen molar-refractivity contribution in [2.45, 2.75) is 13.0 Å². The molecule has 0 bridgehead atoms. The topological polar surface area (TPSA) is 91.4 Å². The van der Waals surface area contributed by atoms with Gasteiger partial charge in [-0.25, -0.2) is 0 Å². The van der Waals surface area contributed by atoms with Crippen LogP contribution in [0.4, 0.5) is 5.82 Å². The molecule has 1 rings (SSSR count). The van der Waals surface area contributed by atoms with E-state index in [1.807, 2.05) is 0 Å². The Balaban J connectivity index is 2.00. The molecule has 0 saturated heterocycles. The number of carbonyl (C=O) groups is 1. The predicted molar refractivity (Wildman–Crippen MR) is 67.0 cm³/mol. The molecule has 0 unspecified atom stereocenters. The molecular weight excluding hydrogens is 236 g/mol. The third-order valence-electron chi connectivity index (χ3n) is 2.19. The maximum absolute atomic E-state index is 11.5. The molecule has 1 aromatic rings. The van der Waals surface area contributed by atoms with Gasteiger partial charge in [-0.3, -0.25) is 9.48 Å². The van der Waals surface area contributed by atoms with Crippen LogP contribution in [-0.4, -0.2) is 49.2 Å². The van der Waals surface area contributed by atoms with Crippen molar-refractivity contribution in [3.05, 3.63) is 12.3 Å². The van der Waals surface area contributed by atoms with E-state index in [2.05, 4.69) is 10.4 Å². The Bertz CT molecular complexity index is 354. The first-order chi connectivity index (χ1) is 8.72. The van der Waals surface area contributed by atoms with Crippen LogP contribution in [0, 0.1) is 0 Å². The summed E-state index contributed by atoms with van der Waals surface area (Å²) in [4.78, 5) is 11.5. The highest BCUT2D eigenvalue weighted by molar-refractivity contribution is 5.75. The summed E-state index contributed by atoms with van der Waals surface area (Å²) in [5, 5.41) is 6.70. The summed E-state index contributed by atoms with van der Waals surface area (Å²) in [6.45, 7) is 2.55. The highest BCUT2D eigenvalue weighted by Gasteiger charge is 2.02. The second-order valence-corrected chi connectivity index (χ2v) is 3.75. The zero-order valence-electron chi connectivity index (χ0n) is 10.6. The number of nitrogens with one attached hydrogen (secondary N) is 1. The van der Waals surface area contributed by atoms with E-state index in [0.29, 0.717) is 32.2 Å².